The summed E-state index contributed by atoms with van der Waals surface area (Å²) in [4.78, 5) is 7.19. The van der Waals surface area contributed by atoms with Gasteiger partial charge in [0, 0.05) is 41.7 Å². The second-order valence-corrected chi connectivity index (χ2v) is 9.35. The van der Waals surface area contributed by atoms with Crippen LogP contribution in [-0.4, -0.2) is 32.5 Å². The minimum absolute atomic E-state index is 0.122. The van der Waals surface area contributed by atoms with Gasteiger partial charge in [-0.3, -0.25) is 4.99 Å². The maximum atomic E-state index is 5.93. The molecule has 0 amide bonds. The average molecular weight is 459 g/mol. The van der Waals surface area contributed by atoms with E-state index in [1.165, 1.54) is 11.3 Å². The van der Waals surface area contributed by atoms with E-state index in [4.69, 9.17) is 19.2 Å². The Hall–Kier alpha value is -3.47. The zero-order chi connectivity index (χ0) is 24.3. The number of nitrogens with zero attached hydrogens (tertiary/aromatic N) is 2. The van der Waals surface area contributed by atoms with E-state index in [1.54, 1.807) is 14.2 Å². The minimum atomic E-state index is 0.122. The molecule has 5 nitrogen and oxygen atoms in total. The van der Waals surface area contributed by atoms with Crippen molar-refractivity contribution in [3.63, 3.8) is 0 Å². The third kappa shape index (κ3) is 4.89. The van der Waals surface area contributed by atoms with Crippen molar-refractivity contribution < 1.29 is 14.2 Å². The number of methoxy groups -OCH3 is 2. The van der Waals surface area contributed by atoms with Gasteiger partial charge in [-0.05, 0) is 81.1 Å². The fourth-order valence-electron chi connectivity index (χ4n) is 4.95. The molecule has 1 atom stereocenters. The normalized spacial score (nSPS) is 16.9. The largest absolute Gasteiger partial charge is 0.497 e. The summed E-state index contributed by atoms with van der Waals surface area (Å²) in [6.45, 7) is 10.1. The van der Waals surface area contributed by atoms with Crippen LogP contribution in [0.4, 0.5) is 11.4 Å². The Morgan fingerprint density at radius 2 is 1.71 bits per heavy atom. The van der Waals surface area contributed by atoms with Crippen LogP contribution < -0.4 is 19.1 Å². The summed E-state index contributed by atoms with van der Waals surface area (Å²) in [5.74, 6) is 3.54. The quantitative estimate of drug-likeness (QED) is 0.347. The fraction of sp³-hybridized carbons (Fsp3) is 0.345. The lowest BCUT2D eigenvalue weighted by Gasteiger charge is -2.47. The molecular weight excluding hydrogens is 424 g/mol. The van der Waals surface area contributed by atoms with E-state index in [1.807, 2.05) is 54.7 Å². The Morgan fingerprint density at radius 3 is 2.38 bits per heavy atom. The van der Waals surface area contributed by atoms with Gasteiger partial charge in [-0.2, -0.15) is 0 Å². The van der Waals surface area contributed by atoms with Gasteiger partial charge in [0.15, 0.2) is 0 Å². The Morgan fingerprint density at radius 1 is 0.971 bits per heavy atom. The number of hydrogen-bond acceptors (Lipinski definition) is 5. The predicted octanol–water partition coefficient (Wildman–Crippen LogP) is 7.36. The number of anilines is 1. The topological polar surface area (TPSA) is 43.3 Å². The number of rotatable bonds is 7. The first kappa shape index (κ1) is 23.7. The number of hydrogen-bond donors (Lipinski definition) is 0. The molecule has 0 saturated carbocycles. The first-order chi connectivity index (χ1) is 16.3. The standard InChI is InChI=1S/C29H34N2O3/c1-7-31-27-17-28(33-6)21(15-26(27)20(2)18-29(31,3)4)19-30-22-11-13-23(14-12-22)34-25-10-8-9-24(16-25)32-5/h8-17,19-20H,7,18H2,1-6H3. The molecule has 0 fully saturated rings. The lowest BCUT2D eigenvalue weighted by Crippen LogP contribution is -2.48. The van der Waals surface area contributed by atoms with E-state index in [-0.39, 0.29) is 5.54 Å². The maximum absolute atomic E-state index is 5.93. The van der Waals surface area contributed by atoms with Crippen molar-refractivity contribution >= 4 is 17.6 Å². The highest BCUT2D eigenvalue weighted by Crippen LogP contribution is 2.45. The number of aliphatic imine (C=N–C) groups is 1. The SMILES string of the molecule is CCN1c2cc(OC)c(C=Nc3ccc(Oc4cccc(OC)c4)cc3)cc2C(C)CC1(C)C. The van der Waals surface area contributed by atoms with E-state index in [2.05, 4.69) is 44.7 Å². The summed E-state index contributed by atoms with van der Waals surface area (Å²) in [5.41, 5.74) is 4.57. The summed E-state index contributed by atoms with van der Waals surface area (Å²) >= 11 is 0. The van der Waals surface area contributed by atoms with Crippen LogP contribution in [0.3, 0.4) is 0 Å². The zero-order valence-corrected chi connectivity index (χ0v) is 21.0. The van der Waals surface area contributed by atoms with Gasteiger partial charge >= 0.3 is 0 Å². The summed E-state index contributed by atoms with van der Waals surface area (Å²) in [7, 11) is 3.36. The molecule has 0 saturated heterocycles. The molecule has 1 heterocycles. The molecule has 1 aliphatic heterocycles. The Labute approximate surface area is 203 Å². The van der Waals surface area contributed by atoms with Crippen LogP contribution in [0.15, 0.2) is 65.7 Å². The highest BCUT2D eigenvalue weighted by atomic mass is 16.5. The van der Waals surface area contributed by atoms with Crippen molar-refractivity contribution in [1.82, 2.24) is 0 Å². The van der Waals surface area contributed by atoms with E-state index in [9.17, 15) is 0 Å². The lowest BCUT2D eigenvalue weighted by atomic mass is 9.79. The van der Waals surface area contributed by atoms with Crippen molar-refractivity contribution in [3.8, 4) is 23.0 Å². The molecule has 1 aliphatic rings. The zero-order valence-electron chi connectivity index (χ0n) is 21.0. The number of ether oxygens (including phenoxy) is 3. The van der Waals surface area contributed by atoms with Gasteiger partial charge in [0.2, 0.25) is 0 Å². The van der Waals surface area contributed by atoms with Crippen LogP contribution in [0.5, 0.6) is 23.0 Å². The summed E-state index contributed by atoms with van der Waals surface area (Å²) in [5, 5.41) is 0. The molecular formula is C29H34N2O3. The monoisotopic (exact) mass is 458 g/mol. The molecule has 1 unspecified atom stereocenters. The van der Waals surface area contributed by atoms with E-state index < -0.39 is 0 Å². The van der Waals surface area contributed by atoms with Crippen LogP contribution in [0.25, 0.3) is 0 Å². The molecule has 178 valence electrons. The third-order valence-electron chi connectivity index (χ3n) is 6.52. The van der Waals surface area contributed by atoms with Crippen molar-refractivity contribution in [1.29, 1.82) is 0 Å². The maximum Gasteiger partial charge on any atom is 0.131 e. The van der Waals surface area contributed by atoms with Crippen molar-refractivity contribution in [2.75, 3.05) is 25.7 Å². The Bertz CT molecular complexity index is 1170. The van der Waals surface area contributed by atoms with Gasteiger partial charge in [-0.25, -0.2) is 0 Å². The first-order valence-electron chi connectivity index (χ1n) is 11.8. The van der Waals surface area contributed by atoms with Gasteiger partial charge in [0.25, 0.3) is 0 Å². The Kier molecular flexibility index (Phi) is 6.82. The van der Waals surface area contributed by atoms with Crippen LogP contribution in [0, 0.1) is 0 Å². The van der Waals surface area contributed by atoms with Crippen LogP contribution in [0.2, 0.25) is 0 Å². The van der Waals surface area contributed by atoms with E-state index >= 15 is 0 Å². The second kappa shape index (κ2) is 9.80. The first-order valence-corrected chi connectivity index (χ1v) is 11.8. The summed E-state index contributed by atoms with van der Waals surface area (Å²) in [6.07, 6.45) is 3.01. The summed E-state index contributed by atoms with van der Waals surface area (Å²) < 4.78 is 16.9. The molecule has 5 heteroatoms. The molecule has 34 heavy (non-hydrogen) atoms. The molecule has 0 bridgehead atoms. The van der Waals surface area contributed by atoms with Crippen LogP contribution >= 0.6 is 0 Å². The van der Waals surface area contributed by atoms with Gasteiger partial charge in [-0.1, -0.05) is 13.0 Å². The van der Waals surface area contributed by atoms with Crippen molar-refractivity contribution in [2.24, 2.45) is 4.99 Å². The molecule has 3 aromatic carbocycles. The molecule has 0 N–H and O–H groups in total. The molecule has 0 aliphatic carbocycles. The van der Waals surface area contributed by atoms with E-state index in [0.29, 0.717) is 5.92 Å². The minimum Gasteiger partial charge on any atom is -0.497 e. The Balaban J connectivity index is 1.56. The number of fused-ring (bicyclic) bond motifs is 1. The molecule has 3 aromatic rings. The van der Waals surface area contributed by atoms with Crippen LogP contribution in [0.1, 0.15) is 51.2 Å². The third-order valence-corrected chi connectivity index (χ3v) is 6.52. The van der Waals surface area contributed by atoms with Crippen molar-refractivity contribution in [3.05, 3.63) is 71.8 Å². The fourth-order valence-corrected chi connectivity index (χ4v) is 4.95. The molecule has 0 spiro atoms. The van der Waals surface area contributed by atoms with Gasteiger partial charge in [0.05, 0.1) is 19.9 Å². The highest BCUT2D eigenvalue weighted by Gasteiger charge is 2.36. The number of benzene rings is 3. The second-order valence-electron chi connectivity index (χ2n) is 9.35. The molecule has 0 radical (unpaired) electrons. The lowest BCUT2D eigenvalue weighted by molar-refractivity contribution is 0.377. The molecule has 4 rings (SSSR count). The predicted molar refractivity (Wildman–Crippen MR) is 140 cm³/mol. The van der Waals surface area contributed by atoms with Gasteiger partial charge in [0.1, 0.15) is 23.0 Å². The van der Waals surface area contributed by atoms with Gasteiger partial charge < -0.3 is 19.1 Å². The highest BCUT2D eigenvalue weighted by molar-refractivity contribution is 5.88. The van der Waals surface area contributed by atoms with Crippen LogP contribution in [-0.2, 0) is 0 Å². The van der Waals surface area contributed by atoms with Gasteiger partial charge in [-0.15, -0.1) is 0 Å². The van der Waals surface area contributed by atoms with Crippen molar-refractivity contribution in [2.45, 2.75) is 45.6 Å². The van der Waals surface area contributed by atoms with E-state index in [0.717, 1.165) is 47.2 Å². The summed E-state index contributed by atoms with van der Waals surface area (Å²) in [6, 6.07) is 19.7. The smallest absolute Gasteiger partial charge is 0.131 e. The average Bonchev–Trinajstić information content (AvgIpc) is 2.83. The molecule has 0 aromatic heterocycles.